The molecule has 1 N–H and O–H groups in total. The van der Waals surface area contributed by atoms with Crippen LogP contribution in [0.1, 0.15) is 40.5 Å². The first kappa shape index (κ1) is 12.8. The molecular weight excluding hydrogens is 212 g/mol. The second-order valence-corrected chi connectivity index (χ2v) is 5.92. The van der Waals surface area contributed by atoms with Crippen molar-refractivity contribution < 1.29 is 9.84 Å². The van der Waals surface area contributed by atoms with Crippen molar-refractivity contribution in [3.8, 4) is 0 Å². The standard InChI is InChI=1S/C15H24O2/c1-9(2)5-12-6-10(3)13-8-14(16)11(4)7-15(13)17-12/h5,7,10,12-16H,6,8H2,1-4H3. The van der Waals surface area contributed by atoms with Gasteiger partial charge in [-0.1, -0.05) is 24.6 Å². The molecule has 1 aliphatic heterocycles. The first-order chi connectivity index (χ1) is 7.97. The zero-order valence-electron chi connectivity index (χ0n) is 11.3. The van der Waals surface area contributed by atoms with Gasteiger partial charge in [0.1, 0.15) is 0 Å². The fraction of sp³-hybridized carbons (Fsp3) is 0.733. The van der Waals surface area contributed by atoms with Crippen molar-refractivity contribution in [1.29, 1.82) is 0 Å². The van der Waals surface area contributed by atoms with Gasteiger partial charge in [-0.05, 0) is 51.0 Å². The molecule has 0 saturated carbocycles. The molecule has 0 aromatic rings. The highest BCUT2D eigenvalue weighted by atomic mass is 16.5. The van der Waals surface area contributed by atoms with E-state index in [9.17, 15) is 5.11 Å². The van der Waals surface area contributed by atoms with Crippen molar-refractivity contribution in [2.75, 3.05) is 0 Å². The molecule has 1 heterocycles. The van der Waals surface area contributed by atoms with Crippen LogP contribution in [0.15, 0.2) is 23.3 Å². The minimum absolute atomic E-state index is 0.197. The van der Waals surface area contributed by atoms with E-state index in [2.05, 4.69) is 32.9 Å². The SMILES string of the molecule is CC(C)=CC1CC(C)C2CC(O)C(C)=CC2O1. The van der Waals surface area contributed by atoms with Gasteiger partial charge in [-0.15, -0.1) is 0 Å². The predicted octanol–water partition coefficient (Wildman–Crippen LogP) is 3.07. The summed E-state index contributed by atoms with van der Waals surface area (Å²) in [5.74, 6) is 1.10. The van der Waals surface area contributed by atoms with Crippen molar-refractivity contribution in [3.05, 3.63) is 23.3 Å². The Hall–Kier alpha value is -0.600. The predicted molar refractivity (Wildman–Crippen MR) is 69.7 cm³/mol. The maximum absolute atomic E-state index is 9.91. The quantitative estimate of drug-likeness (QED) is 0.709. The maximum Gasteiger partial charge on any atom is 0.0799 e. The van der Waals surface area contributed by atoms with E-state index >= 15 is 0 Å². The van der Waals surface area contributed by atoms with Gasteiger partial charge in [0.15, 0.2) is 0 Å². The van der Waals surface area contributed by atoms with Gasteiger partial charge in [0.2, 0.25) is 0 Å². The van der Waals surface area contributed by atoms with Crippen LogP contribution in [0.3, 0.4) is 0 Å². The molecule has 0 aromatic carbocycles. The van der Waals surface area contributed by atoms with Gasteiger partial charge < -0.3 is 9.84 Å². The van der Waals surface area contributed by atoms with E-state index < -0.39 is 0 Å². The number of allylic oxidation sites excluding steroid dienone is 1. The summed E-state index contributed by atoms with van der Waals surface area (Å²) in [6.45, 7) is 8.52. The zero-order valence-corrected chi connectivity index (χ0v) is 11.3. The molecule has 2 heteroatoms. The Morgan fingerprint density at radius 1 is 1.41 bits per heavy atom. The van der Waals surface area contributed by atoms with Crippen LogP contribution in [0, 0.1) is 11.8 Å². The van der Waals surface area contributed by atoms with Crippen molar-refractivity contribution in [2.45, 2.75) is 58.8 Å². The summed E-state index contributed by atoms with van der Waals surface area (Å²) >= 11 is 0. The number of rotatable bonds is 1. The van der Waals surface area contributed by atoms with Crippen molar-refractivity contribution in [2.24, 2.45) is 11.8 Å². The third kappa shape index (κ3) is 2.80. The largest absolute Gasteiger partial charge is 0.389 e. The Morgan fingerprint density at radius 3 is 2.76 bits per heavy atom. The topological polar surface area (TPSA) is 29.5 Å². The smallest absolute Gasteiger partial charge is 0.0799 e. The van der Waals surface area contributed by atoms with E-state index in [1.165, 1.54) is 5.57 Å². The molecule has 2 rings (SSSR count). The highest BCUT2D eigenvalue weighted by Crippen LogP contribution is 2.39. The molecule has 0 spiro atoms. The van der Waals surface area contributed by atoms with Crippen LogP contribution in [-0.2, 0) is 4.74 Å². The third-order valence-electron chi connectivity index (χ3n) is 4.06. The maximum atomic E-state index is 9.91. The molecule has 0 radical (unpaired) electrons. The minimum atomic E-state index is -0.262. The Morgan fingerprint density at radius 2 is 2.12 bits per heavy atom. The molecule has 17 heavy (non-hydrogen) atoms. The Kier molecular flexibility index (Phi) is 3.74. The van der Waals surface area contributed by atoms with Crippen LogP contribution in [0.5, 0.6) is 0 Å². The highest BCUT2D eigenvalue weighted by molar-refractivity contribution is 5.16. The summed E-state index contributed by atoms with van der Waals surface area (Å²) in [7, 11) is 0. The number of fused-ring (bicyclic) bond motifs is 1. The summed E-state index contributed by atoms with van der Waals surface area (Å²) in [5.41, 5.74) is 2.38. The molecule has 1 saturated heterocycles. The van der Waals surface area contributed by atoms with Crippen LogP contribution in [0.4, 0.5) is 0 Å². The Bertz CT molecular complexity index is 339. The first-order valence-corrected chi connectivity index (χ1v) is 6.64. The van der Waals surface area contributed by atoms with Crippen LogP contribution >= 0.6 is 0 Å². The summed E-state index contributed by atoms with van der Waals surface area (Å²) < 4.78 is 6.13. The summed E-state index contributed by atoms with van der Waals surface area (Å²) in [4.78, 5) is 0. The van der Waals surface area contributed by atoms with Crippen LogP contribution in [-0.4, -0.2) is 23.4 Å². The molecule has 2 aliphatic rings. The second-order valence-electron chi connectivity index (χ2n) is 5.92. The van der Waals surface area contributed by atoms with Crippen LogP contribution in [0.25, 0.3) is 0 Å². The number of ether oxygens (including phenoxy) is 1. The average molecular weight is 236 g/mol. The second kappa shape index (κ2) is 4.95. The zero-order chi connectivity index (χ0) is 12.6. The van der Waals surface area contributed by atoms with Crippen LogP contribution in [0.2, 0.25) is 0 Å². The number of hydrogen-bond donors (Lipinski definition) is 1. The van der Waals surface area contributed by atoms with E-state index in [1.54, 1.807) is 0 Å². The van der Waals surface area contributed by atoms with Crippen molar-refractivity contribution in [3.63, 3.8) is 0 Å². The van der Waals surface area contributed by atoms with E-state index in [0.29, 0.717) is 11.8 Å². The van der Waals surface area contributed by atoms with Gasteiger partial charge in [0.25, 0.3) is 0 Å². The fourth-order valence-electron chi connectivity index (χ4n) is 3.05. The van der Waals surface area contributed by atoms with E-state index in [1.807, 2.05) is 6.92 Å². The molecule has 96 valence electrons. The van der Waals surface area contributed by atoms with Gasteiger partial charge in [0, 0.05) is 0 Å². The summed E-state index contributed by atoms with van der Waals surface area (Å²) in [6, 6.07) is 0. The van der Waals surface area contributed by atoms with Crippen LogP contribution < -0.4 is 0 Å². The average Bonchev–Trinajstić information content (AvgIpc) is 2.20. The lowest BCUT2D eigenvalue weighted by atomic mass is 9.74. The Labute approximate surface area is 104 Å². The molecule has 0 bridgehead atoms. The lowest BCUT2D eigenvalue weighted by molar-refractivity contribution is -0.0788. The van der Waals surface area contributed by atoms with Gasteiger partial charge >= 0.3 is 0 Å². The molecule has 1 aliphatic carbocycles. The molecular formula is C15H24O2. The molecule has 1 fully saturated rings. The summed E-state index contributed by atoms with van der Waals surface area (Å²) in [5, 5.41) is 9.91. The lowest BCUT2D eigenvalue weighted by Crippen LogP contribution is -2.43. The molecule has 5 unspecified atom stereocenters. The minimum Gasteiger partial charge on any atom is -0.389 e. The normalized spacial score (nSPS) is 41.5. The number of aliphatic hydroxyl groups excluding tert-OH is 1. The van der Waals surface area contributed by atoms with E-state index in [-0.39, 0.29) is 18.3 Å². The van der Waals surface area contributed by atoms with Crippen molar-refractivity contribution in [1.82, 2.24) is 0 Å². The van der Waals surface area contributed by atoms with Gasteiger partial charge in [-0.2, -0.15) is 0 Å². The van der Waals surface area contributed by atoms with Gasteiger partial charge in [-0.3, -0.25) is 0 Å². The molecule has 0 amide bonds. The first-order valence-electron chi connectivity index (χ1n) is 6.64. The fourth-order valence-corrected chi connectivity index (χ4v) is 3.05. The third-order valence-corrected chi connectivity index (χ3v) is 4.06. The van der Waals surface area contributed by atoms with Gasteiger partial charge in [0.05, 0.1) is 18.3 Å². The van der Waals surface area contributed by atoms with E-state index in [4.69, 9.17) is 4.74 Å². The van der Waals surface area contributed by atoms with Crippen molar-refractivity contribution >= 4 is 0 Å². The summed E-state index contributed by atoms with van der Waals surface area (Å²) in [6.07, 6.45) is 6.46. The number of hydrogen-bond acceptors (Lipinski definition) is 2. The molecule has 0 aromatic heterocycles. The van der Waals surface area contributed by atoms with E-state index in [0.717, 1.165) is 18.4 Å². The lowest BCUT2D eigenvalue weighted by Gasteiger charge is -2.42. The Balaban J connectivity index is 2.15. The monoisotopic (exact) mass is 236 g/mol. The van der Waals surface area contributed by atoms with Gasteiger partial charge in [-0.25, -0.2) is 0 Å². The molecule has 2 nitrogen and oxygen atoms in total. The highest BCUT2D eigenvalue weighted by Gasteiger charge is 2.38. The number of aliphatic hydroxyl groups is 1. The molecule has 5 atom stereocenters.